The Morgan fingerprint density at radius 2 is 2.00 bits per heavy atom. The highest BCUT2D eigenvalue weighted by molar-refractivity contribution is 7.15. The van der Waals surface area contributed by atoms with Crippen molar-refractivity contribution >= 4 is 28.2 Å². The van der Waals surface area contributed by atoms with Gasteiger partial charge in [0.15, 0.2) is 10.9 Å². The Hall–Kier alpha value is -2.21. The van der Waals surface area contributed by atoms with Gasteiger partial charge < -0.3 is 10.1 Å². The molecular weight excluding hydrogens is 300 g/mol. The molecule has 0 saturated heterocycles. The van der Waals surface area contributed by atoms with Crippen LogP contribution in [0.2, 0.25) is 0 Å². The first kappa shape index (κ1) is 16.2. The summed E-state index contributed by atoms with van der Waals surface area (Å²) in [5, 5.41) is 3.38. The van der Waals surface area contributed by atoms with Crippen molar-refractivity contribution in [2.45, 2.75) is 26.7 Å². The number of aryl methyl sites for hydroxylation is 1. The van der Waals surface area contributed by atoms with Crippen molar-refractivity contribution < 1.29 is 14.3 Å². The van der Waals surface area contributed by atoms with E-state index in [0.717, 1.165) is 4.88 Å². The third-order valence-corrected chi connectivity index (χ3v) is 3.77. The van der Waals surface area contributed by atoms with Gasteiger partial charge in [-0.2, -0.15) is 0 Å². The highest BCUT2D eigenvalue weighted by Crippen LogP contribution is 2.17. The van der Waals surface area contributed by atoms with Crippen LogP contribution < -0.4 is 10.1 Å². The molecule has 0 radical (unpaired) electrons. The van der Waals surface area contributed by atoms with Crippen LogP contribution in [-0.4, -0.2) is 23.3 Å². The fourth-order valence-electron chi connectivity index (χ4n) is 1.80. The fraction of sp³-hybridized carbons (Fsp3) is 0.312. The lowest BCUT2D eigenvalue weighted by Crippen LogP contribution is -2.12. The minimum atomic E-state index is -0.0649. The van der Waals surface area contributed by atoms with Crippen molar-refractivity contribution in [2.24, 2.45) is 0 Å². The Morgan fingerprint density at radius 3 is 2.59 bits per heavy atom. The molecule has 1 heterocycles. The van der Waals surface area contributed by atoms with Gasteiger partial charge in [0.2, 0.25) is 5.91 Å². The van der Waals surface area contributed by atoms with Gasteiger partial charge in [0.1, 0.15) is 5.75 Å². The third kappa shape index (κ3) is 4.96. The maximum absolute atomic E-state index is 11.7. The van der Waals surface area contributed by atoms with E-state index in [2.05, 4.69) is 10.3 Å². The zero-order chi connectivity index (χ0) is 15.9. The molecule has 2 aromatic rings. The van der Waals surface area contributed by atoms with Crippen LogP contribution in [0.25, 0.3) is 0 Å². The van der Waals surface area contributed by atoms with Gasteiger partial charge in [0.05, 0.1) is 6.61 Å². The van der Waals surface area contributed by atoms with Crippen molar-refractivity contribution in [3.8, 4) is 5.75 Å². The predicted octanol–water partition coefficient (Wildman–Crippen LogP) is 3.45. The van der Waals surface area contributed by atoms with Gasteiger partial charge in [-0.3, -0.25) is 9.59 Å². The molecule has 6 heteroatoms. The molecule has 0 aliphatic rings. The Balaban J connectivity index is 1.68. The smallest absolute Gasteiger partial charge is 0.226 e. The van der Waals surface area contributed by atoms with E-state index < -0.39 is 0 Å². The number of anilines is 1. The summed E-state index contributed by atoms with van der Waals surface area (Å²) in [4.78, 5) is 28.0. The SMILES string of the molecule is CC(=O)c1ccc(OCCCC(=O)Nc2ncc(C)s2)cc1. The Kier molecular flexibility index (Phi) is 5.66. The van der Waals surface area contributed by atoms with Crippen LogP contribution in [0.3, 0.4) is 0 Å². The largest absolute Gasteiger partial charge is 0.494 e. The van der Waals surface area contributed by atoms with Crippen LogP contribution in [0.15, 0.2) is 30.5 Å². The number of aromatic nitrogens is 1. The lowest BCUT2D eigenvalue weighted by molar-refractivity contribution is -0.116. The van der Waals surface area contributed by atoms with Gasteiger partial charge >= 0.3 is 0 Å². The van der Waals surface area contributed by atoms with E-state index >= 15 is 0 Å². The highest BCUT2D eigenvalue weighted by atomic mass is 32.1. The Labute approximate surface area is 133 Å². The number of carbonyl (C=O) groups is 2. The second-order valence-corrected chi connectivity index (χ2v) is 6.09. The summed E-state index contributed by atoms with van der Waals surface area (Å²) < 4.78 is 5.54. The molecule has 2 rings (SSSR count). The van der Waals surface area contributed by atoms with E-state index in [1.165, 1.54) is 18.3 Å². The van der Waals surface area contributed by atoms with Crippen molar-refractivity contribution in [3.05, 3.63) is 40.9 Å². The topological polar surface area (TPSA) is 68.3 Å². The first-order valence-corrected chi connectivity index (χ1v) is 7.82. The zero-order valence-electron chi connectivity index (χ0n) is 12.6. The molecule has 1 amide bonds. The number of hydrogen-bond donors (Lipinski definition) is 1. The van der Waals surface area contributed by atoms with Gasteiger partial charge in [-0.15, -0.1) is 11.3 Å². The summed E-state index contributed by atoms with van der Waals surface area (Å²) >= 11 is 1.45. The lowest BCUT2D eigenvalue weighted by Gasteiger charge is -2.06. The summed E-state index contributed by atoms with van der Waals surface area (Å²) in [6.45, 7) is 3.92. The van der Waals surface area contributed by atoms with Gasteiger partial charge in [-0.1, -0.05) is 0 Å². The van der Waals surface area contributed by atoms with Crippen LogP contribution in [0.1, 0.15) is 35.0 Å². The lowest BCUT2D eigenvalue weighted by atomic mass is 10.1. The van der Waals surface area contributed by atoms with Crippen molar-refractivity contribution in [1.82, 2.24) is 4.98 Å². The quantitative estimate of drug-likeness (QED) is 0.627. The van der Waals surface area contributed by atoms with Crippen molar-refractivity contribution in [1.29, 1.82) is 0 Å². The Morgan fingerprint density at radius 1 is 1.27 bits per heavy atom. The summed E-state index contributed by atoms with van der Waals surface area (Å²) in [6, 6.07) is 6.98. The first-order valence-electron chi connectivity index (χ1n) is 7.00. The number of rotatable bonds is 7. The average Bonchev–Trinajstić information content (AvgIpc) is 2.89. The number of nitrogens with zero attached hydrogens (tertiary/aromatic N) is 1. The molecule has 0 aliphatic carbocycles. The molecule has 1 aromatic heterocycles. The van der Waals surface area contributed by atoms with E-state index in [4.69, 9.17) is 4.74 Å². The number of Topliss-reactive ketones (excluding diaryl/α,β-unsaturated/α-hetero) is 1. The minimum absolute atomic E-state index is 0.0284. The predicted molar refractivity (Wildman–Crippen MR) is 86.7 cm³/mol. The normalized spacial score (nSPS) is 10.3. The maximum atomic E-state index is 11.7. The molecule has 0 aliphatic heterocycles. The van der Waals surface area contributed by atoms with Crippen LogP contribution in [0, 0.1) is 6.92 Å². The summed E-state index contributed by atoms with van der Waals surface area (Å²) in [6.07, 6.45) is 2.73. The van der Waals surface area contributed by atoms with Crippen molar-refractivity contribution in [2.75, 3.05) is 11.9 Å². The molecule has 0 bridgehead atoms. The van der Waals surface area contributed by atoms with Gasteiger partial charge in [-0.05, 0) is 44.5 Å². The molecule has 1 aromatic carbocycles. The molecular formula is C16H18N2O3S. The molecule has 5 nitrogen and oxygen atoms in total. The van der Waals surface area contributed by atoms with Crippen molar-refractivity contribution in [3.63, 3.8) is 0 Å². The second-order valence-electron chi connectivity index (χ2n) is 4.86. The number of ether oxygens (including phenoxy) is 1. The summed E-state index contributed by atoms with van der Waals surface area (Å²) in [5.41, 5.74) is 0.658. The number of amides is 1. The minimum Gasteiger partial charge on any atom is -0.494 e. The van der Waals surface area contributed by atoms with E-state index in [-0.39, 0.29) is 11.7 Å². The van der Waals surface area contributed by atoms with E-state index in [0.29, 0.717) is 35.9 Å². The van der Waals surface area contributed by atoms with Gasteiger partial charge in [0.25, 0.3) is 0 Å². The fourth-order valence-corrected chi connectivity index (χ4v) is 2.48. The molecule has 1 N–H and O–H groups in total. The third-order valence-electron chi connectivity index (χ3n) is 2.95. The zero-order valence-corrected chi connectivity index (χ0v) is 13.4. The number of nitrogens with one attached hydrogen (secondary N) is 1. The number of hydrogen-bond acceptors (Lipinski definition) is 5. The van der Waals surface area contributed by atoms with E-state index in [1.54, 1.807) is 30.5 Å². The number of carbonyl (C=O) groups excluding carboxylic acids is 2. The maximum Gasteiger partial charge on any atom is 0.226 e. The monoisotopic (exact) mass is 318 g/mol. The van der Waals surface area contributed by atoms with Crippen LogP contribution >= 0.6 is 11.3 Å². The highest BCUT2D eigenvalue weighted by Gasteiger charge is 2.05. The average molecular weight is 318 g/mol. The molecule has 0 atom stereocenters. The molecule has 0 spiro atoms. The summed E-state index contributed by atoms with van der Waals surface area (Å²) in [7, 11) is 0. The van der Waals surface area contributed by atoms with E-state index in [1.807, 2.05) is 6.92 Å². The molecule has 0 unspecified atom stereocenters. The van der Waals surface area contributed by atoms with Crippen LogP contribution in [-0.2, 0) is 4.79 Å². The van der Waals surface area contributed by atoms with Gasteiger partial charge in [-0.25, -0.2) is 4.98 Å². The second kappa shape index (κ2) is 7.70. The Bertz CT molecular complexity index is 650. The van der Waals surface area contributed by atoms with Crippen LogP contribution in [0.5, 0.6) is 5.75 Å². The number of ketones is 1. The molecule has 0 saturated carbocycles. The number of thiazole rings is 1. The van der Waals surface area contributed by atoms with E-state index in [9.17, 15) is 9.59 Å². The first-order chi connectivity index (χ1) is 10.5. The standard InChI is InChI=1S/C16H18N2O3S/c1-11-10-17-16(22-11)18-15(20)4-3-9-21-14-7-5-13(6-8-14)12(2)19/h5-8,10H,3-4,9H2,1-2H3,(H,17,18,20). The molecule has 22 heavy (non-hydrogen) atoms. The van der Waals surface area contributed by atoms with Gasteiger partial charge in [0, 0.05) is 23.1 Å². The summed E-state index contributed by atoms with van der Waals surface area (Å²) in [5.74, 6) is 0.659. The number of benzene rings is 1. The molecule has 0 fully saturated rings. The molecule has 116 valence electrons. The van der Waals surface area contributed by atoms with Crippen LogP contribution in [0.4, 0.5) is 5.13 Å².